The lowest BCUT2D eigenvalue weighted by Gasteiger charge is -2.31. The van der Waals surface area contributed by atoms with Crippen molar-refractivity contribution in [2.24, 2.45) is 0 Å². The van der Waals surface area contributed by atoms with Crippen LogP contribution in [0.25, 0.3) is 0 Å². The summed E-state index contributed by atoms with van der Waals surface area (Å²) in [6, 6.07) is 0.627. The highest BCUT2D eigenvalue weighted by Gasteiger charge is 2.26. The fourth-order valence-corrected chi connectivity index (χ4v) is 2.54. The standard InChI is InChI=1S/C15H29NO3/c1-4-11-16-12-7-9-13(10-8-12)19-14(5-2)15(17)18-6-3/h12-14,16H,4-11H2,1-3H3. The van der Waals surface area contributed by atoms with E-state index in [1.54, 1.807) is 0 Å². The Labute approximate surface area is 117 Å². The monoisotopic (exact) mass is 271 g/mol. The fraction of sp³-hybridized carbons (Fsp3) is 0.933. The van der Waals surface area contributed by atoms with Gasteiger partial charge in [0.15, 0.2) is 6.10 Å². The Kier molecular flexibility index (Phi) is 8.07. The summed E-state index contributed by atoms with van der Waals surface area (Å²) >= 11 is 0. The van der Waals surface area contributed by atoms with E-state index in [2.05, 4.69) is 12.2 Å². The Morgan fingerprint density at radius 1 is 1.21 bits per heavy atom. The van der Waals surface area contributed by atoms with E-state index in [0.29, 0.717) is 19.1 Å². The van der Waals surface area contributed by atoms with E-state index in [9.17, 15) is 4.79 Å². The lowest BCUT2D eigenvalue weighted by atomic mass is 9.92. The molecule has 0 heterocycles. The van der Waals surface area contributed by atoms with Gasteiger partial charge in [0.05, 0.1) is 12.7 Å². The average Bonchev–Trinajstić information content (AvgIpc) is 2.44. The second kappa shape index (κ2) is 9.32. The first-order valence-corrected chi connectivity index (χ1v) is 7.76. The minimum Gasteiger partial charge on any atom is -0.464 e. The topological polar surface area (TPSA) is 47.6 Å². The molecule has 0 saturated heterocycles. The lowest BCUT2D eigenvalue weighted by molar-refractivity contribution is -0.162. The number of carbonyl (C=O) groups is 1. The van der Waals surface area contributed by atoms with Crippen molar-refractivity contribution in [1.82, 2.24) is 5.32 Å². The largest absolute Gasteiger partial charge is 0.464 e. The minimum absolute atomic E-state index is 0.212. The SMILES string of the molecule is CCCNC1CCC(OC(CC)C(=O)OCC)CC1. The first-order valence-electron chi connectivity index (χ1n) is 7.76. The molecule has 0 amide bonds. The van der Waals surface area contributed by atoms with Gasteiger partial charge < -0.3 is 14.8 Å². The van der Waals surface area contributed by atoms with Crippen LogP contribution >= 0.6 is 0 Å². The van der Waals surface area contributed by atoms with Crippen LogP contribution in [0.1, 0.15) is 59.3 Å². The molecular weight excluding hydrogens is 242 g/mol. The van der Waals surface area contributed by atoms with Crippen molar-refractivity contribution in [3.63, 3.8) is 0 Å². The van der Waals surface area contributed by atoms with Crippen molar-refractivity contribution < 1.29 is 14.3 Å². The molecule has 19 heavy (non-hydrogen) atoms. The van der Waals surface area contributed by atoms with Crippen LogP contribution in [0.2, 0.25) is 0 Å². The third-order valence-corrected chi connectivity index (χ3v) is 3.63. The van der Waals surface area contributed by atoms with Crippen molar-refractivity contribution in [2.45, 2.75) is 77.5 Å². The molecule has 0 bridgehead atoms. The Morgan fingerprint density at radius 3 is 2.42 bits per heavy atom. The molecule has 1 unspecified atom stereocenters. The molecule has 4 heteroatoms. The molecule has 0 aliphatic heterocycles. The van der Waals surface area contributed by atoms with Gasteiger partial charge >= 0.3 is 5.97 Å². The molecule has 1 rings (SSSR count). The van der Waals surface area contributed by atoms with Crippen molar-refractivity contribution in [3.05, 3.63) is 0 Å². The number of carbonyl (C=O) groups excluding carboxylic acids is 1. The van der Waals surface area contributed by atoms with Crippen LogP contribution in [0, 0.1) is 0 Å². The second-order valence-electron chi connectivity index (χ2n) is 5.21. The van der Waals surface area contributed by atoms with Crippen LogP contribution in [0.4, 0.5) is 0 Å². The van der Waals surface area contributed by atoms with E-state index >= 15 is 0 Å². The van der Waals surface area contributed by atoms with Crippen LogP contribution in [0.3, 0.4) is 0 Å². The minimum atomic E-state index is -0.384. The van der Waals surface area contributed by atoms with E-state index in [0.717, 1.165) is 32.2 Å². The summed E-state index contributed by atoms with van der Waals surface area (Å²) in [6.07, 6.45) is 6.06. The zero-order valence-corrected chi connectivity index (χ0v) is 12.6. The van der Waals surface area contributed by atoms with Crippen LogP contribution < -0.4 is 5.32 Å². The molecule has 4 nitrogen and oxygen atoms in total. The molecule has 0 radical (unpaired) electrons. The zero-order valence-electron chi connectivity index (χ0n) is 12.6. The first-order chi connectivity index (χ1) is 9.21. The third kappa shape index (κ3) is 5.91. The zero-order chi connectivity index (χ0) is 14.1. The summed E-state index contributed by atoms with van der Waals surface area (Å²) < 4.78 is 10.9. The van der Waals surface area contributed by atoms with Crippen molar-refractivity contribution >= 4 is 5.97 Å². The first kappa shape index (κ1) is 16.4. The molecule has 0 aromatic carbocycles. The maximum atomic E-state index is 11.7. The van der Waals surface area contributed by atoms with Gasteiger partial charge in [0.25, 0.3) is 0 Å². The van der Waals surface area contributed by atoms with Crippen LogP contribution in [-0.2, 0) is 14.3 Å². The molecule has 0 aromatic rings. The van der Waals surface area contributed by atoms with Gasteiger partial charge in [-0.1, -0.05) is 13.8 Å². The molecule has 1 atom stereocenters. The molecule has 112 valence electrons. The van der Waals surface area contributed by atoms with Gasteiger partial charge in [-0.05, 0) is 52.0 Å². The van der Waals surface area contributed by atoms with Crippen LogP contribution in [0.5, 0.6) is 0 Å². The normalized spacial score (nSPS) is 25.0. The highest BCUT2D eigenvalue weighted by Crippen LogP contribution is 2.23. The van der Waals surface area contributed by atoms with Gasteiger partial charge in [-0.25, -0.2) is 4.79 Å². The number of hydrogen-bond acceptors (Lipinski definition) is 4. The Morgan fingerprint density at radius 2 is 1.89 bits per heavy atom. The van der Waals surface area contributed by atoms with E-state index in [4.69, 9.17) is 9.47 Å². The molecule has 0 spiro atoms. The highest BCUT2D eigenvalue weighted by molar-refractivity contribution is 5.74. The molecular formula is C15H29NO3. The second-order valence-corrected chi connectivity index (χ2v) is 5.21. The van der Waals surface area contributed by atoms with E-state index < -0.39 is 0 Å². The molecule has 0 aromatic heterocycles. The van der Waals surface area contributed by atoms with E-state index in [1.807, 2.05) is 13.8 Å². The third-order valence-electron chi connectivity index (χ3n) is 3.63. The Hall–Kier alpha value is -0.610. The summed E-state index contributed by atoms with van der Waals surface area (Å²) in [5.74, 6) is -0.212. The molecule has 1 fully saturated rings. The van der Waals surface area contributed by atoms with Gasteiger partial charge in [-0.3, -0.25) is 0 Å². The quantitative estimate of drug-likeness (QED) is 0.689. The van der Waals surface area contributed by atoms with E-state index in [-0.39, 0.29) is 18.2 Å². The maximum Gasteiger partial charge on any atom is 0.335 e. The molecule has 1 N–H and O–H groups in total. The van der Waals surface area contributed by atoms with Crippen LogP contribution in [0.15, 0.2) is 0 Å². The van der Waals surface area contributed by atoms with E-state index in [1.165, 1.54) is 6.42 Å². The predicted octanol–water partition coefficient (Wildman–Crippen LogP) is 2.66. The van der Waals surface area contributed by atoms with Crippen molar-refractivity contribution in [1.29, 1.82) is 0 Å². The molecule has 1 aliphatic carbocycles. The molecule has 1 aliphatic rings. The number of ether oxygens (including phenoxy) is 2. The molecule has 1 saturated carbocycles. The lowest BCUT2D eigenvalue weighted by Crippen LogP contribution is -2.38. The average molecular weight is 271 g/mol. The van der Waals surface area contributed by atoms with Gasteiger partial charge in [0.1, 0.15) is 0 Å². The van der Waals surface area contributed by atoms with Crippen molar-refractivity contribution in [2.75, 3.05) is 13.2 Å². The fourth-order valence-electron chi connectivity index (χ4n) is 2.54. The highest BCUT2D eigenvalue weighted by atomic mass is 16.6. The summed E-state index contributed by atoms with van der Waals surface area (Å²) in [5.41, 5.74) is 0. The number of nitrogens with one attached hydrogen (secondary N) is 1. The van der Waals surface area contributed by atoms with Gasteiger partial charge in [0, 0.05) is 6.04 Å². The maximum absolute atomic E-state index is 11.7. The Bertz CT molecular complexity index is 250. The summed E-state index contributed by atoms with van der Waals surface area (Å²) in [7, 11) is 0. The summed E-state index contributed by atoms with van der Waals surface area (Å²) in [5, 5.41) is 3.55. The summed E-state index contributed by atoms with van der Waals surface area (Å²) in [6.45, 7) is 7.50. The summed E-state index contributed by atoms with van der Waals surface area (Å²) in [4.78, 5) is 11.7. The Balaban J connectivity index is 2.28. The number of esters is 1. The van der Waals surface area contributed by atoms with Gasteiger partial charge in [-0.15, -0.1) is 0 Å². The van der Waals surface area contributed by atoms with Crippen molar-refractivity contribution in [3.8, 4) is 0 Å². The number of hydrogen-bond donors (Lipinski definition) is 1. The number of rotatable bonds is 8. The van der Waals surface area contributed by atoms with Crippen LogP contribution in [-0.4, -0.2) is 37.4 Å². The smallest absolute Gasteiger partial charge is 0.335 e. The van der Waals surface area contributed by atoms with Gasteiger partial charge in [0.2, 0.25) is 0 Å². The predicted molar refractivity (Wildman–Crippen MR) is 76.1 cm³/mol. The van der Waals surface area contributed by atoms with Gasteiger partial charge in [-0.2, -0.15) is 0 Å².